The molecule has 0 radical (unpaired) electrons. The highest BCUT2D eigenvalue weighted by Crippen LogP contribution is 2.33. The fourth-order valence-corrected chi connectivity index (χ4v) is 7.55. The lowest BCUT2D eigenvalue weighted by Gasteiger charge is -2.35. The molecule has 10 nitrogen and oxygen atoms in total. The zero-order chi connectivity index (χ0) is 37.4. The molecule has 2 aromatic carbocycles. The molecule has 0 bridgehead atoms. The number of H-pyrrole nitrogens is 2. The predicted octanol–water partition coefficient (Wildman–Crippen LogP) is 8.37. The highest BCUT2D eigenvalue weighted by atomic mass is 19.1. The van der Waals surface area contributed by atoms with Crippen LogP contribution in [0, 0.1) is 23.0 Å². The largest absolute Gasteiger partial charge is 0.360 e. The van der Waals surface area contributed by atoms with Gasteiger partial charge in [0.1, 0.15) is 11.6 Å². The number of hydrogen-bond acceptors (Lipinski definition) is 4. The minimum absolute atomic E-state index is 0.0505. The van der Waals surface area contributed by atoms with E-state index in [-0.39, 0.29) is 34.8 Å². The number of carbonyl (C=O) groups excluding carboxylic acids is 2. The van der Waals surface area contributed by atoms with Crippen LogP contribution in [0.15, 0.2) is 73.6 Å². The maximum atomic E-state index is 13.4. The molecule has 4 aromatic heterocycles. The van der Waals surface area contributed by atoms with Gasteiger partial charge in [0.25, 0.3) is 0 Å². The van der Waals surface area contributed by atoms with E-state index in [0.717, 1.165) is 95.9 Å². The molecule has 0 aliphatic carbocycles. The molecule has 2 fully saturated rings. The number of aromatic amines is 2. The Morgan fingerprint density at radius 3 is 1.57 bits per heavy atom. The molecule has 12 heteroatoms. The van der Waals surface area contributed by atoms with Gasteiger partial charge in [-0.05, 0) is 62.1 Å². The Kier molecular flexibility index (Phi) is 9.97. The Bertz CT molecular complexity index is 2220. The lowest BCUT2D eigenvalue weighted by atomic mass is 9.93. The van der Waals surface area contributed by atoms with Crippen LogP contribution in [0.1, 0.15) is 72.4 Å². The molecule has 53 heavy (non-hydrogen) atoms. The first-order valence-electron chi connectivity index (χ1n) is 18.6. The molecule has 8 rings (SSSR count). The van der Waals surface area contributed by atoms with E-state index in [2.05, 4.69) is 32.6 Å². The zero-order valence-corrected chi connectivity index (χ0v) is 31.1. The van der Waals surface area contributed by atoms with Crippen LogP contribution in [0.3, 0.4) is 0 Å². The fourth-order valence-electron chi connectivity index (χ4n) is 7.55. The van der Waals surface area contributed by atoms with E-state index in [1.165, 1.54) is 24.3 Å². The van der Waals surface area contributed by atoms with Crippen LogP contribution in [0.2, 0.25) is 0 Å². The monoisotopic (exact) mass is 722 g/mol. The van der Waals surface area contributed by atoms with Gasteiger partial charge >= 0.3 is 0 Å². The maximum absolute atomic E-state index is 13.4. The molecule has 2 saturated heterocycles. The summed E-state index contributed by atoms with van der Waals surface area (Å²) < 4.78 is 30.8. The van der Waals surface area contributed by atoms with Gasteiger partial charge in [0, 0.05) is 106 Å². The lowest BCUT2D eigenvalue weighted by molar-refractivity contribution is -0.140. The van der Waals surface area contributed by atoms with Gasteiger partial charge in [-0.2, -0.15) is 10.2 Å². The minimum Gasteiger partial charge on any atom is -0.360 e. The van der Waals surface area contributed by atoms with Crippen LogP contribution >= 0.6 is 0 Å². The SMILES string of the molecule is CC(C)(C)C(=O)N1CCC(n2cc(-c3c[nH]c4cc(F)ccc34)cn2)CC1.CC(C)C(=O)N1CCC(n2cc(-c3c[nH]c4cc(F)ccc34)cn2)CC1. The normalized spacial score (nSPS) is 16.1. The van der Waals surface area contributed by atoms with Crippen LogP contribution in [-0.2, 0) is 9.59 Å². The lowest BCUT2D eigenvalue weighted by Crippen LogP contribution is -2.44. The third-order valence-corrected chi connectivity index (χ3v) is 10.5. The smallest absolute Gasteiger partial charge is 0.227 e. The summed E-state index contributed by atoms with van der Waals surface area (Å²) in [5.74, 6) is 0.00535. The van der Waals surface area contributed by atoms with Crippen molar-refractivity contribution < 1.29 is 18.4 Å². The van der Waals surface area contributed by atoms with Gasteiger partial charge in [-0.3, -0.25) is 19.0 Å². The van der Waals surface area contributed by atoms with Crippen molar-refractivity contribution in [2.45, 2.75) is 72.4 Å². The number of piperidine rings is 2. The molecule has 0 unspecified atom stereocenters. The third kappa shape index (κ3) is 7.63. The van der Waals surface area contributed by atoms with Crippen LogP contribution in [-0.4, -0.2) is 77.3 Å². The third-order valence-electron chi connectivity index (χ3n) is 10.5. The number of halogens is 2. The molecule has 0 spiro atoms. The van der Waals surface area contributed by atoms with E-state index >= 15 is 0 Å². The number of aromatic nitrogens is 6. The molecule has 6 heterocycles. The van der Waals surface area contributed by atoms with E-state index in [9.17, 15) is 18.4 Å². The number of nitrogens with zero attached hydrogens (tertiary/aromatic N) is 6. The maximum Gasteiger partial charge on any atom is 0.227 e. The summed E-state index contributed by atoms with van der Waals surface area (Å²) in [5.41, 5.74) is 5.32. The number of nitrogens with one attached hydrogen (secondary N) is 2. The molecule has 0 atom stereocenters. The Morgan fingerprint density at radius 1 is 0.717 bits per heavy atom. The Hall–Kier alpha value is -5.26. The molecule has 2 aliphatic rings. The van der Waals surface area contributed by atoms with Gasteiger partial charge in [0.2, 0.25) is 11.8 Å². The average Bonchev–Trinajstić information content (AvgIpc) is 3.97. The van der Waals surface area contributed by atoms with Gasteiger partial charge in [0.15, 0.2) is 0 Å². The van der Waals surface area contributed by atoms with Gasteiger partial charge in [0.05, 0.1) is 24.5 Å². The summed E-state index contributed by atoms with van der Waals surface area (Å²) in [6.45, 7) is 12.9. The number of rotatable bonds is 5. The highest BCUT2D eigenvalue weighted by Gasteiger charge is 2.31. The molecular formula is C41H48F2N8O2. The van der Waals surface area contributed by atoms with Crippen LogP contribution in [0.25, 0.3) is 44.1 Å². The standard InChI is InChI=1S/C21H25FN4O.C20H23FN4O/c1-21(2,3)20(27)25-8-6-16(7-9-25)26-13-14(11-24-26)18-12-23-19-10-15(22)4-5-17(18)19;1-13(2)20(26)24-7-5-16(6-8-24)25-12-14(10-23-25)18-11-22-19-9-15(21)3-4-17(18)19/h4-5,10-13,16,23H,6-9H2,1-3H3;3-4,9-13,16,22H,5-8H2,1-2H3. The Balaban J connectivity index is 0.000000164. The molecule has 278 valence electrons. The molecule has 6 aromatic rings. The first-order chi connectivity index (χ1) is 25.4. The fraction of sp³-hybridized carbons (Fsp3) is 0.415. The van der Waals surface area contributed by atoms with Crippen molar-refractivity contribution in [3.8, 4) is 22.3 Å². The van der Waals surface area contributed by atoms with Gasteiger partial charge in [-0.1, -0.05) is 34.6 Å². The van der Waals surface area contributed by atoms with Crippen molar-refractivity contribution in [2.24, 2.45) is 11.3 Å². The first-order valence-corrected chi connectivity index (χ1v) is 18.6. The molecular weight excluding hydrogens is 675 g/mol. The van der Waals surface area contributed by atoms with Crippen molar-refractivity contribution in [3.63, 3.8) is 0 Å². The molecule has 2 N–H and O–H groups in total. The number of likely N-dealkylation sites (tertiary alicyclic amines) is 2. The van der Waals surface area contributed by atoms with E-state index in [1.807, 2.05) is 78.6 Å². The second-order valence-electron chi connectivity index (χ2n) is 15.7. The number of amides is 2. The highest BCUT2D eigenvalue weighted by molar-refractivity contribution is 5.96. The summed E-state index contributed by atoms with van der Waals surface area (Å²) in [6.07, 6.45) is 15.3. The van der Waals surface area contributed by atoms with Gasteiger partial charge in [-0.15, -0.1) is 0 Å². The van der Waals surface area contributed by atoms with Gasteiger partial charge in [-0.25, -0.2) is 8.78 Å². The van der Waals surface area contributed by atoms with Crippen molar-refractivity contribution in [1.82, 2.24) is 39.3 Å². The number of fused-ring (bicyclic) bond motifs is 2. The summed E-state index contributed by atoms with van der Waals surface area (Å²) in [6, 6.07) is 10.2. The topological polar surface area (TPSA) is 108 Å². The number of carbonyl (C=O) groups is 2. The number of hydrogen-bond donors (Lipinski definition) is 2. The van der Waals surface area contributed by atoms with Gasteiger partial charge < -0.3 is 19.8 Å². The summed E-state index contributed by atoms with van der Waals surface area (Å²) in [7, 11) is 0. The second kappa shape index (κ2) is 14.6. The Morgan fingerprint density at radius 2 is 1.15 bits per heavy atom. The quantitative estimate of drug-likeness (QED) is 0.187. The van der Waals surface area contributed by atoms with Crippen LogP contribution in [0.4, 0.5) is 8.78 Å². The van der Waals surface area contributed by atoms with Crippen molar-refractivity contribution in [3.05, 3.63) is 85.2 Å². The van der Waals surface area contributed by atoms with E-state index in [0.29, 0.717) is 12.1 Å². The zero-order valence-electron chi connectivity index (χ0n) is 31.1. The van der Waals surface area contributed by atoms with Crippen LogP contribution in [0.5, 0.6) is 0 Å². The Labute approximate surface area is 308 Å². The number of benzene rings is 2. The second-order valence-corrected chi connectivity index (χ2v) is 15.7. The van der Waals surface area contributed by atoms with E-state index in [1.54, 1.807) is 12.1 Å². The van der Waals surface area contributed by atoms with Crippen LogP contribution < -0.4 is 0 Å². The molecule has 2 amide bonds. The molecule has 2 aliphatic heterocycles. The van der Waals surface area contributed by atoms with E-state index in [4.69, 9.17) is 0 Å². The predicted molar refractivity (Wildman–Crippen MR) is 203 cm³/mol. The summed E-state index contributed by atoms with van der Waals surface area (Å²) in [5, 5.41) is 11.1. The van der Waals surface area contributed by atoms with E-state index < -0.39 is 0 Å². The molecule has 0 saturated carbocycles. The van der Waals surface area contributed by atoms with Crippen molar-refractivity contribution in [2.75, 3.05) is 26.2 Å². The first kappa shape index (κ1) is 36.1. The summed E-state index contributed by atoms with van der Waals surface area (Å²) in [4.78, 5) is 34.7. The summed E-state index contributed by atoms with van der Waals surface area (Å²) >= 11 is 0. The average molecular weight is 723 g/mol. The van der Waals surface area contributed by atoms with Crippen molar-refractivity contribution >= 4 is 33.6 Å². The minimum atomic E-state index is -0.333. The van der Waals surface area contributed by atoms with Crippen molar-refractivity contribution in [1.29, 1.82) is 0 Å².